The zero-order valence-corrected chi connectivity index (χ0v) is 18.4. The average Bonchev–Trinajstić information content (AvgIpc) is 3.13. The number of nitrogens with zero attached hydrogens (tertiary/aromatic N) is 4. The maximum Gasteiger partial charge on any atom is 0.278 e. The van der Waals surface area contributed by atoms with E-state index in [-0.39, 0.29) is 11.4 Å². The fourth-order valence-corrected chi connectivity index (χ4v) is 3.77. The maximum absolute atomic E-state index is 12.6. The monoisotopic (exact) mass is 457 g/mol. The average molecular weight is 458 g/mol. The van der Waals surface area contributed by atoms with Crippen LogP contribution in [-0.4, -0.2) is 70.1 Å². The second-order valence-corrected chi connectivity index (χ2v) is 7.71. The van der Waals surface area contributed by atoms with E-state index in [2.05, 4.69) is 20.3 Å². The normalized spacial score (nSPS) is 14.3. The molecular weight excluding hydrogens is 434 g/mol. The van der Waals surface area contributed by atoms with Crippen LogP contribution >= 0.6 is 11.6 Å². The Morgan fingerprint density at radius 1 is 1.31 bits per heavy atom. The van der Waals surface area contributed by atoms with Gasteiger partial charge < -0.3 is 19.9 Å². The Labute approximate surface area is 190 Å². The smallest absolute Gasteiger partial charge is 0.278 e. The van der Waals surface area contributed by atoms with Crippen LogP contribution in [0.5, 0.6) is 11.5 Å². The molecule has 168 valence electrons. The lowest BCUT2D eigenvalue weighted by molar-refractivity contribution is 0.0323. The fraction of sp³-hybridized carbons (Fsp3) is 0.318. The number of carbonyl (C=O) groups is 1. The number of aromatic hydroxyl groups is 1. The van der Waals surface area contributed by atoms with Gasteiger partial charge >= 0.3 is 0 Å². The molecule has 0 spiro atoms. The van der Waals surface area contributed by atoms with E-state index < -0.39 is 5.91 Å². The van der Waals surface area contributed by atoms with Crippen LogP contribution < -0.4 is 10.1 Å². The van der Waals surface area contributed by atoms with Gasteiger partial charge in [-0.1, -0.05) is 11.6 Å². The molecule has 1 saturated heterocycles. The van der Waals surface area contributed by atoms with Crippen molar-refractivity contribution in [2.45, 2.75) is 0 Å². The van der Waals surface area contributed by atoms with Gasteiger partial charge in [0.2, 0.25) is 0 Å². The molecule has 0 atom stereocenters. The highest BCUT2D eigenvalue weighted by atomic mass is 35.5. The molecular formula is C22H24ClN5O4. The molecule has 0 radical (unpaired) electrons. The Morgan fingerprint density at radius 2 is 2.12 bits per heavy atom. The number of aromatic nitrogens is 3. The van der Waals surface area contributed by atoms with E-state index in [9.17, 15) is 9.90 Å². The number of hydrogen-bond donors (Lipinski definition) is 2. The molecule has 2 N–H and O–H groups in total. The first-order chi connectivity index (χ1) is 15.5. The molecule has 1 fully saturated rings. The third-order valence-electron chi connectivity index (χ3n) is 5.16. The highest BCUT2D eigenvalue weighted by Crippen LogP contribution is 2.36. The summed E-state index contributed by atoms with van der Waals surface area (Å²) in [6.07, 6.45) is 3.01. The summed E-state index contributed by atoms with van der Waals surface area (Å²) in [5.74, 6) is -0.0865. The van der Waals surface area contributed by atoms with Gasteiger partial charge in [-0.3, -0.25) is 14.4 Å². The number of pyridine rings is 1. The molecule has 1 amide bonds. The van der Waals surface area contributed by atoms with Crippen molar-refractivity contribution in [1.82, 2.24) is 19.7 Å². The minimum atomic E-state index is -0.522. The van der Waals surface area contributed by atoms with Crippen molar-refractivity contribution in [3.05, 3.63) is 53.4 Å². The molecule has 0 unspecified atom stereocenters. The molecule has 0 bridgehead atoms. The van der Waals surface area contributed by atoms with Crippen molar-refractivity contribution >= 4 is 23.2 Å². The number of halogens is 1. The van der Waals surface area contributed by atoms with Crippen LogP contribution in [0.25, 0.3) is 11.3 Å². The van der Waals surface area contributed by atoms with Crippen molar-refractivity contribution in [3.63, 3.8) is 0 Å². The minimum Gasteiger partial charge on any atom is -0.505 e. The molecule has 3 aromatic rings. The van der Waals surface area contributed by atoms with Crippen molar-refractivity contribution in [1.29, 1.82) is 0 Å². The third-order valence-corrected chi connectivity index (χ3v) is 5.43. The van der Waals surface area contributed by atoms with Gasteiger partial charge in [0, 0.05) is 44.1 Å². The molecule has 2 aromatic heterocycles. The van der Waals surface area contributed by atoms with Crippen LogP contribution in [-0.2, 0) is 11.8 Å². The highest BCUT2D eigenvalue weighted by Gasteiger charge is 2.18. The van der Waals surface area contributed by atoms with E-state index in [1.807, 2.05) is 0 Å². The maximum atomic E-state index is 12.6. The molecule has 1 aliphatic heterocycles. The Morgan fingerprint density at radius 3 is 2.84 bits per heavy atom. The standard InChI is InChI=1S/C22H24ClN5O4/c1-27-21(17(23)14-25-27)16-13-15(26-22(30)20-18(29)3-2-6-24-20)4-5-19(16)32-12-9-28-7-10-31-11-8-28/h2-6,13-14,29H,7-12H2,1H3,(H,26,30). The number of anilines is 1. The van der Waals surface area contributed by atoms with E-state index in [1.54, 1.807) is 42.2 Å². The van der Waals surface area contributed by atoms with E-state index in [0.29, 0.717) is 34.3 Å². The van der Waals surface area contributed by atoms with Crippen LogP contribution in [0.2, 0.25) is 5.02 Å². The van der Waals surface area contributed by atoms with Gasteiger partial charge in [-0.05, 0) is 30.3 Å². The van der Waals surface area contributed by atoms with Gasteiger partial charge in [-0.2, -0.15) is 5.10 Å². The quantitative estimate of drug-likeness (QED) is 0.562. The molecule has 0 aliphatic carbocycles. The molecule has 1 aromatic carbocycles. The first-order valence-corrected chi connectivity index (χ1v) is 10.6. The topological polar surface area (TPSA) is 102 Å². The van der Waals surface area contributed by atoms with Crippen LogP contribution in [0.3, 0.4) is 0 Å². The van der Waals surface area contributed by atoms with Crippen LogP contribution in [0.1, 0.15) is 10.5 Å². The number of ether oxygens (including phenoxy) is 2. The number of amides is 1. The summed E-state index contributed by atoms with van der Waals surface area (Å²) in [4.78, 5) is 18.8. The molecule has 32 heavy (non-hydrogen) atoms. The second kappa shape index (κ2) is 9.99. The second-order valence-electron chi connectivity index (χ2n) is 7.30. The predicted octanol–water partition coefficient (Wildman–Crippen LogP) is 2.80. The first kappa shape index (κ1) is 22.1. The van der Waals surface area contributed by atoms with Crippen molar-refractivity contribution in [2.75, 3.05) is 44.8 Å². The van der Waals surface area contributed by atoms with Crippen LogP contribution in [0.15, 0.2) is 42.7 Å². The Bertz CT molecular complexity index is 1080. The zero-order valence-electron chi connectivity index (χ0n) is 17.6. The minimum absolute atomic E-state index is 0.0570. The van der Waals surface area contributed by atoms with Crippen LogP contribution in [0, 0.1) is 0 Å². The van der Waals surface area contributed by atoms with Gasteiger partial charge in [-0.25, -0.2) is 4.98 Å². The number of morpholine rings is 1. The number of carbonyl (C=O) groups excluding carboxylic acids is 1. The molecule has 1 aliphatic rings. The zero-order chi connectivity index (χ0) is 22.5. The molecule has 3 heterocycles. The Balaban J connectivity index is 1.56. The summed E-state index contributed by atoms with van der Waals surface area (Å²) in [6, 6.07) is 8.25. The molecule has 0 saturated carbocycles. The van der Waals surface area contributed by atoms with Gasteiger partial charge in [0.1, 0.15) is 18.1 Å². The largest absolute Gasteiger partial charge is 0.505 e. The molecule has 9 nitrogen and oxygen atoms in total. The fourth-order valence-electron chi connectivity index (χ4n) is 3.50. The molecule has 4 rings (SSSR count). The lowest BCUT2D eigenvalue weighted by Crippen LogP contribution is -2.38. The van der Waals surface area contributed by atoms with Crippen molar-refractivity contribution < 1.29 is 19.4 Å². The van der Waals surface area contributed by atoms with E-state index in [1.165, 1.54) is 12.3 Å². The van der Waals surface area contributed by atoms with Gasteiger partial charge in [0.05, 0.1) is 30.1 Å². The third kappa shape index (κ3) is 5.01. The Hall–Kier alpha value is -3.14. The van der Waals surface area contributed by atoms with Crippen LogP contribution in [0.4, 0.5) is 5.69 Å². The highest BCUT2D eigenvalue weighted by molar-refractivity contribution is 6.33. The van der Waals surface area contributed by atoms with Crippen molar-refractivity contribution in [2.24, 2.45) is 7.05 Å². The van der Waals surface area contributed by atoms with Gasteiger partial charge in [0.25, 0.3) is 5.91 Å². The summed E-state index contributed by atoms with van der Waals surface area (Å²) in [6.45, 7) is 4.51. The summed E-state index contributed by atoms with van der Waals surface area (Å²) in [7, 11) is 1.79. The van der Waals surface area contributed by atoms with Crippen molar-refractivity contribution in [3.8, 4) is 22.8 Å². The van der Waals surface area contributed by atoms with Gasteiger partial charge in [0.15, 0.2) is 5.69 Å². The lowest BCUT2D eigenvalue weighted by atomic mass is 10.1. The Kier molecular flexibility index (Phi) is 6.89. The van der Waals surface area contributed by atoms with Gasteiger partial charge in [-0.15, -0.1) is 0 Å². The van der Waals surface area contributed by atoms with E-state index in [4.69, 9.17) is 21.1 Å². The number of hydrogen-bond acceptors (Lipinski definition) is 7. The number of benzene rings is 1. The first-order valence-electron chi connectivity index (χ1n) is 10.2. The van der Waals surface area contributed by atoms with E-state index in [0.717, 1.165) is 32.8 Å². The van der Waals surface area contributed by atoms with E-state index >= 15 is 0 Å². The number of nitrogens with one attached hydrogen (secondary N) is 1. The number of rotatable bonds is 7. The lowest BCUT2D eigenvalue weighted by Gasteiger charge is -2.26. The predicted molar refractivity (Wildman–Crippen MR) is 120 cm³/mol. The SMILES string of the molecule is Cn1ncc(Cl)c1-c1cc(NC(=O)c2ncccc2O)ccc1OCCN1CCOCC1. The summed E-state index contributed by atoms with van der Waals surface area (Å²) >= 11 is 6.39. The summed E-state index contributed by atoms with van der Waals surface area (Å²) < 4.78 is 13.1. The summed E-state index contributed by atoms with van der Waals surface area (Å²) in [5.41, 5.74) is 1.82. The molecule has 10 heteroatoms. The number of aryl methyl sites for hydroxylation is 1. The summed E-state index contributed by atoms with van der Waals surface area (Å²) in [5, 5.41) is 17.3.